The number of aliphatic hydroxyl groups is 1. The summed E-state index contributed by atoms with van der Waals surface area (Å²) in [6.45, 7) is 6.10. The minimum absolute atomic E-state index is 0.0273. The molecule has 1 aliphatic rings. The summed E-state index contributed by atoms with van der Waals surface area (Å²) in [4.78, 5) is 24.3. The Morgan fingerprint density at radius 2 is 2.18 bits per heavy atom. The number of rotatable bonds is 9. The van der Waals surface area contributed by atoms with Gasteiger partial charge in [-0.25, -0.2) is 9.37 Å². The standard InChI is InChI=1S/C18H28FN7O5PS/c1-8(2)30-15(28)9(3)25-32(33)29-6-10-12(27)18(4,19)16(31-10)26-7-22-11-13(21-5)23-17(20)24-14(11)26/h7-10,12,16,27H,6H2,1-5H3,(H,25,33)(H3,20,21,23,24)/q+1/t9-,10+,12+,16+,18+/m0/s1. The second kappa shape index (κ2) is 10.0. The molecule has 15 heteroatoms. The van der Waals surface area contributed by atoms with Crippen LogP contribution in [0.2, 0.25) is 0 Å². The van der Waals surface area contributed by atoms with Gasteiger partial charge in [-0.3, -0.25) is 9.36 Å². The number of imidazole rings is 1. The van der Waals surface area contributed by atoms with Gasteiger partial charge in [-0.1, -0.05) is 5.09 Å². The summed E-state index contributed by atoms with van der Waals surface area (Å²) in [5.41, 5.74) is 4.18. The maximum Gasteiger partial charge on any atom is 0.440 e. The van der Waals surface area contributed by atoms with Gasteiger partial charge in [0.2, 0.25) is 17.8 Å². The molecule has 2 aromatic rings. The van der Waals surface area contributed by atoms with Crippen LogP contribution in [0.4, 0.5) is 16.2 Å². The second-order valence-corrected chi connectivity index (χ2v) is 10.0. The number of ether oxygens (including phenoxy) is 2. The Morgan fingerprint density at radius 3 is 2.82 bits per heavy atom. The van der Waals surface area contributed by atoms with Gasteiger partial charge in [0.25, 0.3) is 0 Å². The molecule has 3 rings (SSSR count). The number of esters is 1. The van der Waals surface area contributed by atoms with Crippen LogP contribution in [0.5, 0.6) is 0 Å². The van der Waals surface area contributed by atoms with Crippen molar-refractivity contribution in [1.82, 2.24) is 24.6 Å². The van der Waals surface area contributed by atoms with Crippen molar-refractivity contribution in [2.24, 2.45) is 0 Å². The topological polar surface area (TPSA) is 159 Å². The first kappa shape index (κ1) is 25.5. The van der Waals surface area contributed by atoms with E-state index < -0.39 is 43.2 Å². The van der Waals surface area contributed by atoms with Gasteiger partial charge in [0.15, 0.2) is 28.9 Å². The van der Waals surface area contributed by atoms with Crippen LogP contribution in [-0.4, -0.2) is 74.3 Å². The smallest absolute Gasteiger partial charge is 0.440 e. The minimum Gasteiger partial charge on any atom is -0.462 e. The number of hydrogen-bond donors (Lipinski definition) is 4. The summed E-state index contributed by atoms with van der Waals surface area (Å²) in [5, 5.41) is 16.3. The number of nitrogen functional groups attached to an aromatic ring is 1. The lowest BCUT2D eigenvalue weighted by Gasteiger charge is -2.24. The Labute approximate surface area is 196 Å². The fourth-order valence-corrected chi connectivity index (χ4v) is 4.79. The molecule has 1 fully saturated rings. The third-order valence-corrected chi connectivity index (χ3v) is 6.62. The van der Waals surface area contributed by atoms with Crippen molar-refractivity contribution in [3.63, 3.8) is 0 Å². The molecule has 12 nitrogen and oxygen atoms in total. The first-order valence-corrected chi connectivity index (χ1v) is 12.5. The average molecular weight is 505 g/mol. The van der Waals surface area contributed by atoms with Gasteiger partial charge in [-0.05, 0) is 27.7 Å². The zero-order valence-electron chi connectivity index (χ0n) is 18.9. The molecule has 0 aliphatic carbocycles. The maximum absolute atomic E-state index is 15.6. The maximum atomic E-state index is 15.6. The number of carbonyl (C=O) groups excluding carboxylic acids is 1. The lowest BCUT2D eigenvalue weighted by molar-refractivity contribution is -0.148. The molecule has 0 amide bonds. The van der Waals surface area contributed by atoms with E-state index in [2.05, 4.69) is 25.4 Å². The first-order valence-electron chi connectivity index (χ1n) is 10.2. The van der Waals surface area contributed by atoms with Crippen LogP contribution >= 0.6 is 7.07 Å². The molecule has 0 spiro atoms. The summed E-state index contributed by atoms with van der Waals surface area (Å²) in [6, 6.07) is -0.687. The molecule has 33 heavy (non-hydrogen) atoms. The Morgan fingerprint density at radius 1 is 1.48 bits per heavy atom. The van der Waals surface area contributed by atoms with Gasteiger partial charge >= 0.3 is 13.0 Å². The summed E-state index contributed by atoms with van der Waals surface area (Å²) in [5.74, 6) is -0.114. The molecule has 6 atom stereocenters. The number of nitrogens with one attached hydrogen (secondary N) is 2. The number of aromatic nitrogens is 4. The van der Waals surface area contributed by atoms with Crippen LogP contribution in [0.3, 0.4) is 0 Å². The molecular formula is C18H28FN7O5PS+. The molecule has 0 saturated carbocycles. The van der Waals surface area contributed by atoms with E-state index in [-0.39, 0.29) is 24.3 Å². The Kier molecular flexibility index (Phi) is 7.76. The predicted octanol–water partition coefficient (Wildman–Crippen LogP) is 1.16. The summed E-state index contributed by atoms with van der Waals surface area (Å²) >= 11 is 5.23. The van der Waals surface area contributed by atoms with Gasteiger partial charge in [0.05, 0.1) is 12.4 Å². The molecule has 182 valence electrons. The molecule has 5 N–H and O–H groups in total. The van der Waals surface area contributed by atoms with Crippen LogP contribution < -0.4 is 16.1 Å². The van der Waals surface area contributed by atoms with E-state index in [0.717, 1.165) is 0 Å². The van der Waals surface area contributed by atoms with Crippen molar-refractivity contribution in [2.75, 3.05) is 24.7 Å². The number of nitrogens with zero attached hydrogens (tertiary/aromatic N) is 4. The van der Waals surface area contributed by atoms with E-state index in [1.54, 1.807) is 27.8 Å². The molecule has 1 saturated heterocycles. The van der Waals surface area contributed by atoms with Crippen molar-refractivity contribution in [2.45, 2.75) is 63.9 Å². The molecule has 0 aromatic carbocycles. The number of aliphatic hydroxyl groups excluding tert-OH is 1. The molecular weight excluding hydrogens is 476 g/mol. The van der Waals surface area contributed by atoms with Crippen LogP contribution in [-0.2, 0) is 30.6 Å². The number of fused-ring (bicyclic) bond motifs is 1. The molecule has 3 heterocycles. The zero-order valence-corrected chi connectivity index (χ0v) is 20.6. The van der Waals surface area contributed by atoms with E-state index in [1.807, 2.05) is 0 Å². The van der Waals surface area contributed by atoms with Crippen LogP contribution in [0.25, 0.3) is 11.2 Å². The van der Waals surface area contributed by atoms with Gasteiger partial charge in [0, 0.05) is 7.05 Å². The largest absolute Gasteiger partial charge is 0.462 e. The van der Waals surface area contributed by atoms with E-state index in [9.17, 15) is 9.90 Å². The van der Waals surface area contributed by atoms with Crippen LogP contribution in [0.15, 0.2) is 6.33 Å². The molecule has 1 unspecified atom stereocenters. The molecule has 0 radical (unpaired) electrons. The van der Waals surface area contributed by atoms with Crippen molar-refractivity contribution in [3.05, 3.63) is 6.33 Å². The number of nitrogens with two attached hydrogens (primary N) is 1. The van der Waals surface area contributed by atoms with E-state index in [1.165, 1.54) is 17.8 Å². The van der Waals surface area contributed by atoms with Gasteiger partial charge < -0.3 is 25.6 Å². The van der Waals surface area contributed by atoms with Gasteiger partial charge in [0.1, 0.15) is 24.9 Å². The van der Waals surface area contributed by atoms with Gasteiger partial charge in [-0.2, -0.15) is 9.97 Å². The molecule has 2 aromatic heterocycles. The average Bonchev–Trinajstić information content (AvgIpc) is 3.24. The van der Waals surface area contributed by atoms with E-state index in [0.29, 0.717) is 11.3 Å². The van der Waals surface area contributed by atoms with Gasteiger partial charge in [-0.15, -0.1) is 4.52 Å². The third kappa shape index (κ3) is 5.36. The number of hydrogen-bond acceptors (Lipinski definition) is 11. The van der Waals surface area contributed by atoms with Crippen LogP contribution in [0, 0.1) is 0 Å². The fourth-order valence-electron chi connectivity index (χ4n) is 3.35. The zero-order chi connectivity index (χ0) is 24.5. The fraction of sp³-hybridized carbons (Fsp3) is 0.667. The lowest BCUT2D eigenvalue weighted by atomic mass is 9.98. The third-order valence-electron chi connectivity index (χ3n) is 5.01. The summed E-state index contributed by atoms with van der Waals surface area (Å²) in [6.07, 6.45) is -2.72. The number of carbonyl (C=O) groups is 1. The minimum atomic E-state index is -2.20. The quantitative estimate of drug-likeness (QED) is 0.286. The lowest BCUT2D eigenvalue weighted by Crippen LogP contribution is -2.40. The number of halogens is 1. The first-order chi connectivity index (χ1) is 15.4. The van der Waals surface area contributed by atoms with Crippen molar-refractivity contribution >= 4 is 47.8 Å². The highest BCUT2D eigenvalue weighted by molar-refractivity contribution is 8.02. The summed E-state index contributed by atoms with van der Waals surface area (Å²) in [7, 11) is -0.0416. The summed E-state index contributed by atoms with van der Waals surface area (Å²) < 4.78 is 33.4. The van der Waals surface area contributed by atoms with Crippen LogP contribution in [0.1, 0.15) is 33.9 Å². The Hall–Kier alpha value is -2.09. The number of alkyl halides is 1. The number of anilines is 2. The van der Waals surface area contributed by atoms with Crippen molar-refractivity contribution < 1.29 is 28.3 Å². The Balaban J connectivity index is 1.70. The predicted molar refractivity (Wildman–Crippen MR) is 123 cm³/mol. The SMILES string of the molecule is CNc1nc(N)nc2c1ncn2[C@@H]1O[C@H](CO[P+](=S)N[C@@H](C)C(=O)OC(C)C)[C@@H](O)[C@@]1(C)F. The highest BCUT2D eigenvalue weighted by Gasteiger charge is 2.56. The van der Waals surface area contributed by atoms with Crippen molar-refractivity contribution in [1.29, 1.82) is 0 Å². The van der Waals surface area contributed by atoms with Crippen molar-refractivity contribution in [3.8, 4) is 0 Å². The van der Waals surface area contributed by atoms with E-state index in [4.69, 9.17) is 31.5 Å². The highest BCUT2D eigenvalue weighted by Crippen LogP contribution is 2.43. The Bertz CT molecular complexity index is 1040. The highest BCUT2D eigenvalue weighted by atomic mass is 32.4. The second-order valence-electron chi connectivity index (χ2n) is 8.02. The van der Waals surface area contributed by atoms with E-state index >= 15 is 4.39 Å². The molecule has 1 aliphatic heterocycles. The normalized spacial score (nSPS) is 26.5. The molecule has 0 bridgehead atoms. The monoisotopic (exact) mass is 504 g/mol.